The number of benzene rings is 1. The van der Waals surface area contributed by atoms with Crippen LogP contribution in [0.2, 0.25) is 0 Å². The maximum atomic E-state index is 12.2. The van der Waals surface area contributed by atoms with E-state index in [0.717, 1.165) is 0 Å². The molecule has 0 saturated carbocycles. The van der Waals surface area contributed by atoms with Gasteiger partial charge in [-0.1, -0.05) is 0 Å². The number of carbonyl (C=O) groups excluding carboxylic acids is 1. The van der Waals surface area contributed by atoms with Crippen LogP contribution in [-0.4, -0.2) is 46.7 Å². The number of cyclic esters (lactones) is 1. The summed E-state index contributed by atoms with van der Waals surface area (Å²) in [6, 6.07) is 6.66. The highest BCUT2D eigenvalue weighted by Gasteiger charge is 2.37. The first-order valence-electron chi connectivity index (χ1n) is 7.86. The average Bonchev–Trinajstić information content (AvgIpc) is 3.21. The summed E-state index contributed by atoms with van der Waals surface area (Å²) >= 11 is 0. The fraction of sp³-hybridized carbons (Fsp3) is 0.235. The molecule has 1 aliphatic heterocycles. The summed E-state index contributed by atoms with van der Waals surface area (Å²) in [7, 11) is 0. The molecule has 0 radical (unpaired) electrons. The first kappa shape index (κ1) is 17.3. The number of hydrogen-bond donors (Lipinski definition) is 4. The number of nitrogen functional groups attached to an aromatic ring is 1. The quantitative estimate of drug-likeness (QED) is 0.458. The molecule has 5 N–H and O–H groups in total. The van der Waals surface area contributed by atoms with Gasteiger partial charge in [-0.3, -0.25) is 10.3 Å². The number of nitrogens with one attached hydrogen (secondary N) is 2. The van der Waals surface area contributed by atoms with E-state index in [-0.39, 0.29) is 23.7 Å². The molecule has 2 heterocycles. The number of carbonyl (C=O) groups is 2. The van der Waals surface area contributed by atoms with Crippen molar-refractivity contribution in [3.63, 3.8) is 0 Å². The molecule has 136 valence electrons. The third-order valence-corrected chi connectivity index (χ3v) is 4.10. The van der Waals surface area contributed by atoms with Gasteiger partial charge < -0.3 is 25.3 Å². The number of carboxylic acid groups (broad SMARTS) is 1. The first-order chi connectivity index (χ1) is 12.4. The highest BCUT2D eigenvalue weighted by atomic mass is 16.6. The molecule has 9 heteroatoms. The fourth-order valence-electron chi connectivity index (χ4n) is 2.65. The number of anilines is 1. The van der Waals surface area contributed by atoms with E-state index >= 15 is 0 Å². The molecule has 9 nitrogen and oxygen atoms in total. The van der Waals surface area contributed by atoms with Crippen molar-refractivity contribution in [2.24, 2.45) is 5.73 Å². The van der Waals surface area contributed by atoms with E-state index in [2.05, 4.69) is 4.98 Å². The molecule has 2 unspecified atom stereocenters. The lowest BCUT2D eigenvalue weighted by Crippen LogP contribution is -2.33. The largest absolute Gasteiger partial charge is 0.484 e. The lowest BCUT2D eigenvalue weighted by atomic mass is 10.1. The Balaban J connectivity index is 1.69. The van der Waals surface area contributed by atoms with Gasteiger partial charge in [0, 0.05) is 23.6 Å². The number of amides is 1. The summed E-state index contributed by atoms with van der Waals surface area (Å²) in [4.78, 5) is 27.4. The Bertz CT molecular complexity index is 845. The summed E-state index contributed by atoms with van der Waals surface area (Å²) < 4.78 is 11.0. The van der Waals surface area contributed by atoms with Crippen LogP contribution in [0.3, 0.4) is 0 Å². The Morgan fingerprint density at radius 3 is 2.73 bits per heavy atom. The summed E-state index contributed by atoms with van der Waals surface area (Å²) in [5, 5.41) is 16.5. The van der Waals surface area contributed by atoms with Gasteiger partial charge in [0.2, 0.25) is 0 Å². The summed E-state index contributed by atoms with van der Waals surface area (Å²) in [6.07, 6.45) is 1.14. The second-order valence-electron chi connectivity index (χ2n) is 5.85. The summed E-state index contributed by atoms with van der Waals surface area (Å²) in [5.41, 5.74) is 6.61. The Kier molecular flexibility index (Phi) is 4.53. The minimum Gasteiger partial charge on any atom is -0.484 e. The van der Waals surface area contributed by atoms with Crippen LogP contribution in [0.25, 0.3) is 0 Å². The van der Waals surface area contributed by atoms with E-state index < -0.39 is 24.3 Å². The Morgan fingerprint density at radius 1 is 1.42 bits per heavy atom. The lowest BCUT2D eigenvalue weighted by molar-refractivity contribution is 0.0547. The zero-order chi connectivity index (χ0) is 18.8. The van der Waals surface area contributed by atoms with Gasteiger partial charge >= 0.3 is 12.1 Å². The fourth-order valence-corrected chi connectivity index (χ4v) is 2.65. The molecule has 1 aromatic carbocycles. The highest BCUT2D eigenvalue weighted by molar-refractivity contribution is 5.96. The Hall–Kier alpha value is -3.49. The molecular weight excluding hydrogens is 340 g/mol. The van der Waals surface area contributed by atoms with Crippen molar-refractivity contribution in [2.45, 2.75) is 19.1 Å². The number of nitrogens with zero attached hydrogens (tertiary/aromatic N) is 1. The third-order valence-electron chi connectivity index (χ3n) is 4.10. The number of ether oxygens (including phenoxy) is 2. The monoisotopic (exact) mass is 358 g/mol. The molecule has 1 aromatic heterocycles. The Morgan fingerprint density at radius 2 is 2.12 bits per heavy atom. The second-order valence-corrected chi connectivity index (χ2v) is 5.85. The molecule has 2 atom stereocenters. The van der Waals surface area contributed by atoms with Crippen molar-refractivity contribution >= 4 is 23.6 Å². The van der Waals surface area contributed by atoms with Crippen LogP contribution in [0.1, 0.15) is 22.8 Å². The molecule has 0 spiro atoms. The maximum Gasteiger partial charge on any atom is 0.414 e. The van der Waals surface area contributed by atoms with Crippen molar-refractivity contribution in [2.75, 3.05) is 11.4 Å². The van der Waals surface area contributed by atoms with Gasteiger partial charge in [0.25, 0.3) is 0 Å². The predicted octanol–water partition coefficient (Wildman–Crippen LogP) is 1.79. The van der Waals surface area contributed by atoms with Gasteiger partial charge in [-0.15, -0.1) is 0 Å². The number of amidine groups is 1. The van der Waals surface area contributed by atoms with E-state index in [4.69, 9.17) is 25.7 Å². The van der Waals surface area contributed by atoms with Crippen LogP contribution >= 0.6 is 0 Å². The SMILES string of the molecule is CC(Oc1c[nH]cc1C(=O)O)C1CN(c2ccc(C(=N)N)cc2)C(=O)O1. The van der Waals surface area contributed by atoms with Gasteiger partial charge in [-0.05, 0) is 31.2 Å². The van der Waals surface area contributed by atoms with E-state index in [1.54, 1.807) is 31.2 Å². The maximum absolute atomic E-state index is 12.2. The van der Waals surface area contributed by atoms with Gasteiger partial charge in [0.1, 0.15) is 17.5 Å². The van der Waals surface area contributed by atoms with Crippen LogP contribution in [-0.2, 0) is 4.74 Å². The van der Waals surface area contributed by atoms with Gasteiger partial charge in [0.15, 0.2) is 11.9 Å². The molecule has 0 bridgehead atoms. The zero-order valence-electron chi connectivity index (χ0n) is 13.9. The minimum absolute atomic E-state index is 0.0119. The van der Waals surface area contributed by atoms with Crippen LogP contribution in [0, 0.1) is 5.41 Å². The number of rotatable bonds is 6. The topological polar surface area (TPSA) is 142 Å². The molecule has 1 saturated heterocycles. The van der Waals surface area contributed by atoms with Crippen molar-refractivity contribution in [3.05, 3.63) is 47.8 Å². The first-order valence-corrected chi connectivity index (χ1v) is 7.86. The number of aromatic nitrogens is 1. The van der Waals surface area contributed by atoms with Crippen molar-refractivity contribution in [3.8, 4) is 5.75 Å². The molecule has 1 amide bonds. The van der Waals surface area contributed by atoms with E-state index in [9.17, 15) is 9.59 Å². The molecule has 1 aliphatic rings. The summed E-state index contributed by atoms with van der Waals surface area (Å²) in [5.74, 6) is -0.976. The molecule has 0 aliphatic carbocycles. The second kappa shape index (κ2) is 6.79. The van der Waals surface area contributed by atoms with Crippen molar-refractivity contribution < 1.29 is 24.2 Å². The van der Waals surface area contributed by atoms with E-state index in [0.29, 0.717) is 11.3 Å². The third kappa shape index (κ3) is 3.32. The Labute approximate surface area is 148 Å². The van der Waals surface area contributed by atoms with Crippen LogP contribution in [0.15, 0.2) is 36.7 Å². The van der Waals surface area contributed by atoms with E-state index in [1.165, 1.54) is 17.3 Å². The lowest BCUT2D eigenvalue weighted by Gasteiger charge is -2.19. The molecular formula is C17H18N4O5. The number of aromatic carboxylic acids is 1. The van der Waals surface area contributed by atoms with Crippen LogP contribution < -0.4 is 15.4 Å². The van der Waals surface area contributed by atoms with Crippen LogP contribution in [0.5, 0.6) is 5.75 Å². The molecule has 3 rings (SSSR count). The number of hydrogen-bond acceptors (Lipinski definition) is 5. The zero-order valence-corrected chi connectivity index (χ0v) is 13.9. The number of carboxylic acids is 1. The molecule has 26 heavy (non-hydrogen) atoms. The van der Waals surface area contributed by atoms with Gasteiger partial charge in [-0.25, -0.2) is 9.59 Å². The molecule has 2 aromatic rings. The average molecular weight is 358 g/mol. The number of nitrogens with two attached hydrogens (primary N) is 1. The number of H-pyrrole nitrogens is 1. The summed E-state index contributed by atoms with van der Waals surface area (Å²) in [6.45, 7) is 1.96. The van der Waals surface area contributed by atoms with Crippen molar-refractivity contribution in [1.82, 2.24) is 4.98 Å². The smallest absolute Gasteiger partial charge is 0.414 e. The van der Waals surface area contributed by atoms with E-state index in [1.807, 2.05) is 0 Å². The van der Waals surface area contributed by atoms with Gasteiger partial charge in [0.05, 0.1) is 6.54 Å². The highest BCUT2D eigenvalue weighted by Crippen LogP contribution is 2.26. The van der Waals surface area contributed by atoms with Crippen LogP contribution in [0.4, 0.5) is 10.5 Å². The predicted molar refractivity (Wildman–Crippen MR) is 92.9 cm³/mol. The number of aromatic amines is 1. The van der Waals surface area contributed by atoms with Crippen molar-refractivity contribution in [1.29, 1.82) is 5.41 Å². The molecule has 1 fully saturated rings. The standard InChI is InChI=1S/C17H18N4O5/c1-9(25-13-7-20-6-12(13)16(22)23)14-8-21(17(24)26-14)11-4-2-10(3-5-11)15(18)19/h2-7,9,14,20H,8H2,1H3,(H3,18,19)(H,22,23). The van der Waals surface area contributed by atoms with Gasteiger partial charge in [-0.2, -0.15) is 0 Å². The minimum atomic E-state index is -1.11. The normalized spacial score (nSPS) is 17.7.